The molecular weight excluding hydrogens is 1400 g/mol. The number of tetrazole rings is 3. The van der Waals surface area contributed by atoms with Crippen LogP contribution >= 0.6 is 15.9 Å². The average Bonchev–Trinajstić information content (AvgIpc) is 1.29. The van der Waals surface area contributed by atoms with Gasteiger partial charge in [0.2, 0.25) is 5.96 Å². The van der Waals surface area contributed by atoms with E-state index in [9.17, 15) is 93.4 Å². The first-order chi connectivity index (χ1) is 44.3. The molecule has 6 aromatic rings. The van der Waals surface area contributed by atoms with Gasteiger partial charge in [-0.25, -0.2) is 9.79 Å². The molecule has 0 amide bonds. The number of carbonyl (C=O) groups excluding carboxylic acids is 3. The van der Waals surface area contributed by atoms with Gasteiger partial charge in [0.15, 0.2) is 19.5 Å². The number of aliphatic hydroxyl groups is 1. The lowest BCUT2D eigenvalue weighted by Crippen LogP contribution is -2.24. The second-order valence-electron chi connectivity index (χ2n) is 18.1. The van der Waals surface area contributed by atoms with Gasteiger partial charge in [0.25, 0.3) is 17.8 Å². The van der Waals surface area contributed by atoms with E-state index >= 15 is 0 Å². The van der Waals surface area contributed by atoms with E-state index in [0.717, 1.165) is 28.9 Å². The van der Waals surface area contributed by atoms with Crippen LogP contribution in [0.15, 0.2) is 69.8 Å². The molecule has 526 valence electrons. The Morgan fingerprint density at radius 3 is 1.38 bits per heavy atom. The summed E-state index contributed by atoms with van der Waals surface area (Å²) < 4.78 is 247. The van der Waals surface area contributed by atoms with Crippen LogP contribution in [0.5, 0.6) is 0 Å². The Balaban J connectivity index is 0.000000322. The minimum absolute atomic E-state index is 0.0325. The Bertz CT molecular complexity index is 3310. The summed E-state index contributed by atoms with van der Waals surface area (Å²) in [5.41, 5.74) is 0.524. The molecule has 3 aromatic heterocycles. The van der Waals surface area contributed by atoms with E-state index in [2.05, 4.69) is 97.5 Å². The number of guanidine groups is 1. The number of benzene rings is 3. The van der Waals surface area contributed by atoms with Gasteiger partial charge in [-0.2, -0.15) is 98.5 Å². The first-order valence-electron chi connectivity index (χ1n) is 26.5. The van der Waals surface area contributed by atoms with Crippen molar-refractivity contribution in [2.24, 2.45) is 21.0 Å². The molecular formula is C49H54BrF18N19O8. The van der Waals surface area contributed by atoms with E-state index in [1.165, 1.54) is 4.80 Å². The predicted molar refractivity (Wildman–Crippen MR) is 292 cm³/mol. The molecule has 46 heteroatoms. The van der Waals surface area contributed by atoms with Gasteiger partial charge in [-0.05, 0) is 114 Å². The number of aliphatic imine (C=N–C) groups is 1. The maximum Gasteiger partial charge on any atom is 0.416 e. The van der Waals surface area contributed by atoms with Crippen molar-refractivity contribution in [3.05, 3.63) is 105 Å². The summed E-state index contributed by atoms with van der Waals surface area (Å²) in [6, 6.07) is 3.33. The molecule has 8 rings (SSSR count). The third-order valence-electron chi connectivity index (χ3n) is 10.8. The molecule has 0 bridgehead atoms. The maximum absolute atomic E-state index is 12.9. The second kappa shape index (κ2) is 37.2. The van der Waals surface area contributed by atoms with Gasteiger partial charge < -0.3 is 46.2 Å². The highest BCUT2D eigenvalue weighted by molar-refractivity contribution is 9.09. The van der Waals surface area contributed by atoms with Crippen LogP contribution in [0, 0.1) is 0 Å². The quantitative estimate of drug-likeness (QED) is 0.0231. The van der Waals surface area contributed by atoms with Crippen molar-refractivity contribution in [1.82, 2.24) is 60.6 Å². The van der Waals surface area contributed by atoms with Gasteiger partial charge in [-0.1, -0.05) is 31.2 Å². The number of nitrogens with one attached hydrogen (secondary N) is 2. The Morgan fingerprint density at radius 1 is 0.621 bits per heavy atom. The SMILES string of the molecule is CCOC(=O)CBr.CCOC(=O)Cn1nnc(N)n1.FC(F)(F)c1cc(CNc2nnn(CCOC3CCCCO3)n2)cc(C(F)(F)F)c1.NC1=NCN=N1.O=Cc1cc(C(F)(F)F)cc(C(F)(F)F)c1.OCCn1nnc(NCc2cc(C(F)(F)F)cc(C(F)(F)F)c2)n1. The van der Waals surface area contributed by atoms with Crippen molar-refractivity contribution >= 4 is 58.0 Å². The number of anilines is 3. The van der Waals surface area contributed by atoms with Crippen molar-refractivity contribution in [1.29, 1.82) is 0 Å². The van der Waals surface area contributed by atoms with Gasteiger partial charge in [-0.3, -0.25) is 9.59 Å². The number of carbonyl (C=O) groups is 3. The number of azo groups is 1. The zero-order chi connectivity index (χ0) is 71.4. The third kappa shape index (κ3) is 30.8. The molecule has 3 aromatic carbocycles. The van der Waals surface area contributed by atoms with Gasteiger partial charge >= 0.3 is 49.0 Å². The number of halogens is 19. The molecule has 1 atom stereocenters. The fourth-order valence-electron chi connectivity index (χ4n) is 6.75. The number of aldehydes is 1. The van der Waals surface area contributed by atoms with Crippen LogP contribution in [-0.2, 0) is 98.3 Å². The van der Waals surface area contributed by atoms with Crippen molar-refractivity contribution in [2.75, 3.05) is 61.4 Å². The summed E-state index contributed by atoms with van der Waals surface area (Å²) in [6.07, 6.45) is -27.0. The van der Waals surface area contributed by atoms with Crippen molar-refractivity contribution < 1.29 is 117 Å². The Hall–Kier alpha value is -8.95. The van der Waals surface area contributed by atoms with E-state index in [-0.39, 0.29) is 118 Å². The van der Waals surface area contributed by atoms with E-state index in [1.54, 1.807) is 13.8 Å². The molecule has 2 aliphatic rings. The zero-order valence-electron chi connectivity index (χ0n) is 48.8. The Labute approximate surface area is 531 Å². The first kappa shape index (κ1) is 80.3. The average molecular weight is 1460 g/mol. The van der Waals surface area contributed by atoms with E-state index < -0.39 is 82.0 Å². The van der Waals surface area contributed by atoms with Crippen molar-refractivity contribution in [2.45, 2.75) is 109 Å². The largest absolute Gasteiger partial charge is 0.465 e. The summed E-state index contributed by atoms with van der Waals surface area (Å²) in [6.45, 7) is 4.92. The maximum atomic E-state index is 12.9. The highest BCUT2D eigenvalue weighted by Gasteiger charge is 2.39. The summed E-state index contributed by atoms with van der Waals surface area (Å²) in [4.78, 5) is 38.1. The highest BCUT2D eigenvalue weighted by atomic mass is 79.9. The fourth-order valence-corrected chi connectivity index (χ4v) is 6.91. The number of ether oxygens (including phenoxy) is 4. The van der Waals surface area contributed by atoms with Gasteiger partial charge in [0, 0.05) is 25.3 Å². The van der Waals surface area contributed by atoms with Gasteiger partial charge in [-0.15, -0.1) is 20.4 Å². The predicted octanol–water partition coefficient (Wildman–Crippen LogP) is 9.21. The summed E-state index contributed by atoms with van der Waals surface area (Å²) in [5.74, 6) is -0.406. The van der Waals surface area contributed by atoms with Crippen molar-refractivity contribution in [3.8, 4) is 0 Å². The van der Waals surface area contributed by atoms with Crippen LogP contribution in [-0.4, -0.2) is 141 Å². The summed E-state index contributed by atoms with van der Waals surface area (Å²) in [5, 5.41) is 53.5. The minimum atomic E-state index is -4.92. The fraction of sp³-hybridized carbons (Fsp3) is 0.490. The van der Waals surface area contributed by atoms with E-state index in [1.807, 2.05) is 0 Å². The molecule has 1 saturated heterocycles. The highest BCUT2D eigenvalue weighted by Crippen LogP contribution is 2.39. The Morgan fingerprint density at radius 2 is 1.05 bits per heavy atom. The summed E-state index contributed by atoms with van der Waals surface area (Å²) in [7, 11) is 0. The van der Waals surface area contributed by atoms with E-state index in [0.29, 0.717) is 68.2 Å². The normalized spacial score (nSPS) is 13.9. The standard InChI is InChI=1S/C17H19F6N5O2.C12H11F6N5O.C9H4F6O.C5H9N5O2.C4H7BrO2.C2H4N4/c18-16(19,20)12-7-11(8-13(9-12)17(21,22)23)10-24-15-25-27-28(26-15)4-6-30-14-3-1-2-5-29-14;13-11(14,15)8-3-7(4-9(5-8)12(16,17)18)6-19-10-20-22-23(21-10)1-2-24;10-8(11,12)6-1-5(4-16)2-7(3-6)9(13,14)15;1-2-12-4(11)3-10-8-5(6)7-9-10;1-2-7-4(6)3-5;3-2-4-1-5-6-2/h7-9,14H,1-6,10H2,(H,24,26);3-5,24H,1-2,6H2,(H,19,21);1-4H;2-3H2,1H3,(H2,6,8);2-3H2,1H3;1H2,(H2,3,4). The number of nitrogen functional groups attached to an aromatic ring is 1. The third-order valence-corrected chi connectivity index (χ3v) is 11.3. The van der Waals surface area contributed by atoms with Crippen molar-refractivity contribution in [3.63, 3.8) is 0 Å². The lowest BCUT2D eigenvalue weighted by molar-refractivity contribution is -0.164. The van der Waals surface area contributed by atoms with Crippen LogP contribution in [0.25, 0.3) is 0 Å². The number of esters is 2. The molecule has 5 heterocycles. The number of aromatic nitrogens is 12. The van der Waals surface area contributed by atoms with Crippen LogP contribution < -0.4 is 22.1 Å². The van der Waals surface area contributed by atoms with Crippen LogP contribution in [0.1, 0.15) is 88.0 Å². The zero-order valence-corrected chi connectivity index (χ0v) is 50.4. The lowest BCUT2D eigenvalue weighted by Gasteiger charge is -2.22. The smallest absolute Gasteiger partial charge is 0.416 e. The number of hydrogen-bond acceptors (Lipinski definition) is 24. The topological polar surface area (TPSA) is 352 Å². The van der Waals surface area contributed by atoms with E-state index in [4.69, 9.17) is 26.0 Å². The molecule has 27 nitrogen and oxygen atoms in total. The number of rotatable bonds is 18. The molecule has 95 heavy (non-hydrogen) atoms. The molecule has 2 aliphatic heterocycles. The minimum Gasteiger partial charge on any atom is -0.465 e. The van der Waals surface area contributed by atoms with Crippen LogP contribution in [0.3, 0.4) is 0 Å². The number of nitrogens with two attached hydrogens (primary N) is 2. The van der Waals surface area contributed by atoms with Crippen LogP contribution in [0.2, 0.25) is 0 Å². The van der Waals surface area contributed by atoms with Crippen LogP contribution in [0.4, 0.5) is 96.9 Å². The first-order valence-corrected chi connectivity index (χ1v) is 27.7. The molecule has 7 N–H and O–H groups in total. The number of alkyl halides is 19. The molecule has 0 aliphatic carbocycles. The molecule has 0 radical (unpaired) electrons. The Kier molecular flexibility index (Phi) is 31.5. The second-order valence-corrected chi connectivity index (χ2v) is 18.7. The lowest BCUT2D eigenvalue weighted by atomic mass is 10.0. The monoisotopic (exact) mass is 1460 g/mol. The summed E-state index contributed by atoms with van der Waals surface area (Å²) >= 11 is 2.94. The number of nitrogens with zero attached hydrogens (tertiary/aromatic N) is 15. The number of aliphatic hydroxyl groups excluding tert-OH is 1. The molecule has 1 unspecified atom stereocenters. The van der Waals surface area contributed by atoms with Gasteiger partial charge in [0.1, 0.15) is 11.6 Å². The van der Waals surface area contributed by atoms with Gasteiger partial charge in [0.05, 0.1) is 72.9 Å². The number of hydrogen-bond donors (Lipinski definition) is 5. The molecule has 0 spiro atoms. The molecule has 1 fully saturated rings. The molecule has 0 saturated carbocycles.